The number of carbonyl (C=O) groups excluding carboxylic acids is 1. The summed E-state index contributed by atoms with van der Waals surface area (Å²) in [5, 5.41) is 12.1. The topological polar surface area (TPSA) is 67.8 Å². The smallest absolute Gasteiger partial charge is 0.417 e. The van der Waals surface area contributed by atoms with E-state index in [1.807, 2.05) is 0 Å². The second-order valence-electron chi connectivity index (χ2n) is 7.24. The number of halogens is 5. The predicted molar refractivity (Wildman–Crippen MR) is 83.8 cm³/mol. The Kier molecular flexibility index (Phi) is 6.00. The van der Waals surface area contributed by atoms with Gasteiger partial charge in [-0.1, -0.05) is 0 Å². The molecule has 0 saturated carbocycles. The highest BCUT2D eigenvalue weighted by molar-refractivity contribution is 5.68. The molecule has 0 aromatic heterocycles. The van der Waals surface area contributed by atoms with Crippen molar-refractivity contribution in [3.8, 4) is 0 Å². The SMILES string of the molecule is CC(C)(C)OC(=O)N[C@H]1CC(O)C(C(F)(F)F)O[C@@H]1c1cc(F)ccc1F. The van der Waals surface area contributed by atoms with Crippen molar-refractivity contribution < 1.29 is 41.3 Å². The largest absolute Gasteiger partial charge is 0.444 e. The van der Waals surface area contributed by atoms with E-state index >= 15 is 0 Å². The molecule has 27 heavy (non-hydrogen) atoms. The van der Waals surface area contributed by atoms with Gasteiger partial charge in [0.2, 0.25) is 0 Å². The maximum Gasteiger partial charge on any atom is 0.417 e. The fraction of sp³-hybridized carbons (Fsp3) is 0.588. The number of ether oxygens (including phenoxy) is 2. The Morgan fingerprint density at radius 2 is 1.89 bits per heavy atom. The summed E-state index contributed by atoms with van der Waals surface area (Å²) in [5.41, 5.74) is -1.40. The number of carbonyl (C=O) groups is 1. The molecule has 1 saturated heterocycles. The van der Waals surface area contributed by atoms with Crippen LogP contribution in [0.1, 0.15) is 38.9 Å². The van der Waals surface area contributed by atoms with Crippen LogP contribution >= 0.6 is 0 Å². The zero-order valence-corrected chi connectivity index (χ0v) is 14.8. The van der Waals surface area contributed by atoms with Crippen molar-refractivity contribution in [3.63, 3.8) is 0 Å². The van der Waals surface area contributed by atoms with Crippen LogP contribution in [0.25, 0.3) is 0 Å². The third kappa shape index (κ3) is 5.52. The zero-order valence-electron chi connectivity index (χ0n) is 14.8. The summed E-state index contributed by atoms with van der Waals surface area (Å²) in [5.74, 6) is -1.89. The van der Waals surface area contributed by atoms with Crippen LogP contribution in [0.5, 0.6) is 0 Å². The number of aliphatic hydroxyl groups excluding tert-OH is 1. The number of aliphatic hydroxyl groups is 1. The first kappa shape index (κ1) is 21.4. The molecule has 0 bridgehead atoms. The van der Waals surface area contributed by atoms with E-state index in [0.717, 1.165) is 12.1 Å². The van der Waals surface area contributed by atoms with Gasteiger partial charge in [-0.3, -0.25) is 0 Å². The lowest BCUT2D eigenvalue weighted by Crippen LogP contribution is -2.55. The predicted octanol–water partition coefficient (Wildman–Crippen LogP) is 3.61. The molecule has 1 fully saturated rings. The Hall–Kier alpha value is -1.94. The highest BCUT2D eigenvalue weighted by atomic mass is 19.4. The van der Waals surface area contributed by atoms with E-state index in [9.17, 15) is 31.9 Å². The lowest BCUT2D eigenvalue weighted by molar-refractivity contribution is -0.278. The van der Waals surface area contributed by atoms with Crippen LogP contribution in [-0.4, -0.2) is 41.2 Å². The van der Waals surface area contributed by atoms with Crippen LogP contribution in [0.2, 0.25) is 0 Å². The van der Waals surface area contributed by atoms with Gasteiger partial charge >= 0.3 is 12.3 Å². The lowest BCUT2D eigenvalue weighted by atomic mass is 9.91. The van der Waals surface area contributed by atoms with Gasteiger partial charge in [-0.2, -0.15) is 13.2 Å². The van der Waals surface area contributed by atoms with Gasteiger partial charge in [0.25, 0.3) is 0 Å². The number of alkyl halides is 3. The van der Waals surface area contributed by atoms with Crippen molar-refractivity contribution in [2.45, 2.75) is 63.3 Å². The maximum atomic E-state index is 14.1. The minimum Gasteiger partial charge on any atom is -0.444 e. The van der Waals surface area contributed by atoms with Gasteiger partial charge in [0.05, 0.1) is 12.1 Å². The Bertz CT molecular complexity index is 689. The highest BCUT2D eigenvalue weighted by Crippen LogP contribution is 2.39. The van der Waals surface area contributed by atoms with Crippen LogP contribution in [0.3, 0.4) is 0 Å². The Labute approximate surface area is 152 Å². The van der Waals surface area contributed by atoms with E-state index in [4.69, 9.17) is 9.47 Å². The quantitative estimate of drug-likeness (QED) is 0.749. The molecule has 1 aromatic rings. The number of rotatable bonds is 2. The normalized spacial score (nSPS) is 26.6. The minimum atomic E-state index is -4.93. The summed E-state index contributed by atoms with van der Waals surface area (Å²) >= 11 is 0. The van der Waals surface area contributed by atoms with Gasteiger partial charge < -0.3 is 19.9 Å². The first-order valence-corrected chi connectivity index (χ1v) is 8.12. The summed E-state index contributed by atoms with van der Waals surface area (Å²) in [7, 11) is 0. The minimum absolute atomic E-state index is 0.503. The average Bonchev–Trinajstić information content (AvgIpc) is 2.47. The standard InChI is InChI=1S/C17H20F5NO4/c1-16(2,3)27-15(25)23-11-7-12(24)14(17(20,21)22)26-13(11)9-6-8(18)4-5-10(9)19/h4-6,11-14,24H,7H2,1-3H3,(H,23,25)/t11-,12?,13+,14?/m0/s1. The van der Waals surface area contributed by atoms with Gasteiger partial charge in [-0.05, 0) is 45.4 Å². The van der Waals surface area contributed by atoms with E-state index in [2.05, 4.69) is 5.32 Å². The van der Waals surface area contributed by atoms with E-state index < -0.39 is 65.8 Å². The number of alkyl carbamates (subject to hydrolysis) is 1. The first-order valence-electron chi connectivity index (χ1n) is 8.12. The Balaban J connectivity index is 2.34. The van der Waals surface area contributed by atoms with Crippen LogP contribution < -0.4 is 5.32 Å². The van der Waals surface area contributed by atoms with Crippen molar-refractivity contribution >= 4 is 6.09 Å². The second kappa shape index (κ2) is 7.59. The molecule has 0 aliphatic carbocycles. The molecule has 1 aliphatic heterocycles. The molecule has 2 unspecified atom stereocenters. The fourth-order valence-electron chi connectivity index (χ4n) is 2.76. The fourth-order valence-corrected chi connectivity index (χ4v) is 2.76. The monoisotopic (exact) mass is 397 g/mol. The summed E-state index contributed by atoms with van der Waals surface area (Å²) in [6.07, 6.45) is -12.8. The number of benzene rings is 1. The van der Waals surface area contributed by atoms with Crippen LogP contribution in [-0.2, 0) is 9.47 Å². The average molecular weight is 397 g/mol. The molecule has 1 aromatic carbocycles. The van der Waals surface area contributed by atoms with Crippen LogP contribution in [0.15, 0.2) is 18.2 Å². The van der Waals surface area contributed by atoms with E-state index in [1.54, 1.807) is 20.8 Å². The molecule has 1 aliphatic rings. The Morgan fingerprint density at radius 3 is 2.44 bits per heavy atom. The third-order valence-corrected chi connectivity index (χ3v) is 3.79. The summed E-state index contributed by atoms with van der Waals surface area (Å²) < 4.78 is 76.9. The molecule has 5 nitrogen and oxygen atoms in total. The molecule has 152 valence electrons. The number of hydrogen-bond acceptors (Lipinski definition) is 4. The van der Waals surface area contributed by atoms with Crippen molar-refractivity contribution in [3.05, 3.63) is 35.4 Å². The van der Waals surface area contributed by atoms with Crippen LogP contribution in [0, 0.1) is 11.6 Å². The molecule has 10 heteroatoms. The van der Waals surface area contributed by atoms with Crippen LogP contribution in [0.4, 0.5) is 26.7 Å². The number of amides is 1. The summed E-state index contributed by atoms with van der Waals surface area (Å²) in [6, 6.07) is 0.958. The van der Waals surface area contributed by atoms with Gasteiger partial charge in [0.1, 0.15) is 23.3 Å². The molecule has 4 atom stereocenters. The van der Waals surface area contributed by atoms with Gasteiger partial charge in [-0.25, -0.2) is 13.6 Å². The number of nitrogens with one attached hydrogen (secondary N) is 1. The molecule has 0 radical (unpaired) electrons. The number of hydrogen-bond donors (Lipinski definition) is 2. The van der Waals surface area contributed by atoms with Crippen molar-refractivity contribution in [1.29, 1.82) is 0 Å². The molecule has 1 heterocycles. The van der Waals surface area contributed by atoms with E-state index in [1.165, 1.54) is 0 Å². The van der Waals surface area contributed by atoms with Gasteiger partial charge in [0.15, 0.2) is 6.10 Å². The third-order valence-electron chi connectivity index (χ3n) is 3.79. The summed E-state index contributed by atoms with van der Waals surface area (Å²) in [6.45, 7) is 4.71. The summed E-state index contributed by atoms with van der Waals surface area (Å²) in [4.78, 5) is 12.0. The van der Waals surface area contributed by atoms with E-state index in [-0.39, 0.29) is 0 Å². The van der Waals surface area contributed by atoms with Gasteiger partial charge in [-0.15, -0.1) is 0 Å². The lowest BCUT2D eigenvalue weighted by Gasteiger charge is -2.40. The molecular weight excluding hydrogens is 377 g/mol. The van der Waals surface area contributed by atoms with Crippen molar-refractivity contribution in [1.82, 2.24) is 5.32 Å². The maximum absolute atomic E-state index is 14.1. The Morgan fingerprint density at radius 1 is 1.26 bits per heavy atom. The molecular formula is C17H20F5NO4. The molecule has 2 rings (SSSR count). The molecule has 2 N–H and O–H groups in total. The highest BCUT2D eigenvalue weighted by Gasteiger charge is 2.52. The van der Waals surface area contributed by atoms with E-state index in [0.29, 0.717) is 6.07 Å². The molecule has 0 spiro atoms. The second-order valence-corrected chi connectivity index (χ2v) is 7.24. The van der Waals surface area contributed by atoms with Crippen molar-refractivity contribution in [2.24, 2.45) is 0 Å². The van der Waals surface area contributed by atoms with Crippen molar-refractivity contribution in [2.75, 3.05) is 0 Å². The van der Waals surface area contributed by atoms with Gasteiger partial charge in [0, 0.05) is 5.56 Å². The molecule has 1 amide bonds. The first-order chi connectivity index (χ1) is 12.3. The zero-order chi connectivity index (χ0) is 20.6.